The van der Waals surface area contributed by atoms with Crippen molar-refractivity contribution >= 4 is 17.2 Å². The lowest BCUT2D eigenvalue weighted by Gasteiger charge is -2.21. The highest BCUT2D eigenvalue weighted by atomic mass is 32.1. The first-order valence-corrected chi connectivity index (χ1v) is 5.73. The third-order valence-corrected chi connectivity index (χ3v) is 3.20. The molecule has 16 heavy (non-hydrogen) atoms. The molecule has 1 aromatic heterocycles. The van der Waals surface area contributed by atoms with Crippen LogP contribution in [-0.4, -0.2) is 40.6 Å². The van der Waals surface area contributed by atoms with Crippen molar-refractivity contribution in [3.05, 3.63) is 16.1 Å². The minimum atomic E-state index is -0.380. The van der Waals surface area contributed by atoms with E-state index in [1.165, 1.54) is 11.3 Å². The molecular formula is C9H16N4O2S. The predicted octanol–water partition coefficient (Wildman–Crippen LogP) is -0.441. The van der Waals surface area contributed by atoms with Crippen LogP contribution in [0.25, 0.3) is 0 Å². The Bertz CT molecular complexity index is 355. The number of hydrazine groups is 1. The molecule has 1 atom stereocenters. The summed E-state index contributed by atoms with van der Waals surface area (Å²) in [6.45, 7) is 2.60. The Morgan fingerprint density at radius 2 is 2.50 bits per heavy atom. The van der Waals surface area contributed by atoms with Gasteiger partial charge < -0.3 is 5.11 Å². The monoisotopic (exact) mass is 244 g/mol. The summed E-state index contributed by atoms with van der Waals surface area (Å²) < 4.78 is 0. The maximum Gasteiger partial charge on any atom is 0.294 e. The molecule has 0 saturated heterocycles. The van der Waals surface area contributed by atoms with Crippen LogP contribution in [-0.2, 0) is 6.54 Å². The molecule has 1 rings (SSSR count). The summed E-state index contributed by atoms with van der Waals surface area (Å²) in [4.78, 5) is 17.3. The van der Waals surface area contributed by atoms with E-state index in [1.807, 2.05) is 29.7 Å². The number of thiazole rings is 1. The van der Waals surface area contributed by atoms with Crippen LogP contribution in [0.15, 0.2) is 5.38 Å². The van der Waals surface area contributed by atoms with Gasteiger partial charge in [0.05, 0.1) is 12.3 Å². The molecule has 0 aliphatic heterocycles. The maximum atomic E-state index is 11.2. The van der Waals surface area contributed by atoms with Crippen molar-refractivity contribution in [3.63, 3.8) is 0 Å². The molecule has 6 nitrogen and oxygen atoms in total. The Kier molecular flexibility index (Phi) is 4.81. The molecule has 1 unspecified atom stereocenters. The SMILES string of the molecule is CC(CO)N(C)Cc1csc(C(=O)NN)n1. The quantitative estimate of drug-likeness (QED) is 0.371. The second-order valence-electron chi connectivity index (χ2n) is 3.56. The summed E-state index contributed by atoms with van der Waals surface area (Å²) in [5.41, 5.74) is 2.83. The number of nitrogens with zero attached hydrogens (tertiary/aromatic N) is 2. The van der Waals surface area contributed by atoms with E-state index in [2.05, 4.69) is 4.98 Å². The second kappa shape index (κ2) is 5.90. The summed E-state index contributed by atoms with van der Waals surface area (Å²) in [5.74, 6) is 4.63. The molecule has 7 heteroatoms. The number of nitrogens with two attached hydrogens (primary N) is 1. The molecule has 1 amide bonds. The van der Waals surface area contributed by atoms with Crippen LogP contribution < -0.4 is 11.3 Å². The first-order chi connectivity index (χ1) is 7.58. The molecule has 0 spiro atoms. The van der Waals surface area contributed by atoms with Crippen molar-refractivity contribution < 1.29 is 9.90 Å². The van der Waals surface area contributed by atoms with E-state index in [-0.39, 0.29) is 18.6 Å². The summed E-state index contributed by atoms with van der Waals surface area (Å²) in [7, 11) is 1.89. The van der Waals surface area contributed by atoms with Crippen LogP contribution in [0.1, 0.15) is 22.4 Å². The van der Waals surface area contributed by atoms with Gasteiger partial charge in [-0.2, -0.15) is 0 Å². The zero-order chi connectivity index (χ0) is 12.1. The van der Waals surface area contributed by atoms with E-state index in [1.54, 1.807) is 0 Å². The molecule has 1 aromatic rings. The summed E-state index contributed by atoms with van der Waals surface area (Å²) >= 11 is 1.25. The molecule has 4 N–H and O–H groups in total. The lowest BCUT2D eigenvalue weighted by molar-refractivity contribution is 0.0952. The van der Waals surface area contributed by atoms with Crippen molar-refractivity contribution in [2.24, 2.45) is 5.84 Å². The van der Waals surface area contributed by atoms with E-state index in [0.29, 0.717) is 11.6 Å². The van der Waals surface area contributed by atoms with E-state index >= 15 is 0 Å². The van der Waals surface area contributed by atoms with Gasteiger partial charge >= 0.3 is 0 Å². The Morgan fingerprint density at radius 1 is 1.81 bits per heavy atom. The van der Waals surface area contributed by atoms with Crippen molar-refractivity contribution in [1.29, 1.82) is 0 Å². The Morgan fingerprint density at radius 3 is 3.06 bits per heavy atom. The van der Waals surface area contributed by atoms with Gasteiger partial charge in [-0.25, -0.2) is 10.8 Å². The van der Waals surface area contributed by atoms with E-state index in [0.717, 1.165) is 5.69 Å². The van der Waals surface area contributed by atoms with Gasteiger partial charge in [0.2, 0.25) is 0 Å². The number of aliphatic hydroxyl groups is 1. The van der Waals surface area contributed by atoms with Gasteiger partial charge in [-0.3, -0.25) is 15.1 Å². The van der Waals surface area contributed by atoms with Crippen molar-refractivity contribution in [2.45, 2.75) is 19.5 Å². The Labute approximate surface area is 98.1 Å². The van der Waals surface area contributed by atoms with Crippen LogP contribution >= 0.6 is 11.3 Å². The molecule has 0 aliphatic carbocycles. The number of likely N-dealkylation sites (N-methyl/N-ethyl adjacent to an activating group) is 1. The molecule has 0 radical (unpaired) electrons. The summed E-state index contributed by atoms with van der Waals surface area (Å²) in [6, 6.07) is 0.0634. The number of nitrogen functional groups attached to an aromatic ring is 1. The van der Waals surface area contributed by atoms with Crippen molar-refractivity contribution in [2.75, 3.05) is 13.7 Å². The first-order valence-electron chi connectivity index (χ1n) is 4.85. The summed E-state index contributed by atoms with van der Waals surface area (Å²) in [6.07, 6.45) is 0. The lowest BCUT2D eigenvalue weighted by atomic mass is 10.3. The predicted molar refractivity (Wildman–Crippen MR) is 61.8 cm³/mol. The van der Waals surface area contributed by atoms with E-state index in [9.17, 15) is 4.79 Å². The molecule has 0 aliphatic rings. The number of aromatic nitrogens is 1. The Balaban J connectivity index is 2.61. The van der Waals surface area contributed by atoms with Gasteiger partial charge in [-0.1, -0.05) is 0 Å². The van der Waals surface area contributed by atoms with Gasteiger partial charge in [0.25, 0.3) is 5.91 Å². The minimum absolute atomic E-state index is 0.0634. The molecule has 1 heterocycles. The summed E-state index contributed by atoms with van der Waals surface area (Å²) in [5, 5.41) is 11.1. The van der Waals surface area contributed by atoms with Gasteiger partial charge in [0.15, 0.2) is 5.01 Å². The number of carbonyl (C=O) groups excluding carboxylic acids is 1. The lowest BCUT2D eigenvalue weighted by Crippen LogP contribution is -2.32. The molecule has 90 valence electrons. The fraction of sp³-hybridized carbons (Fsp3) is 0.556. The van der Waals surface area contributed by atoms with Crippen LogP contribution in [0.2, 0.25) is 0 Å². The van der Waals surface area contributed by atoms with E-state index < -0.39 is 0 Å². The minimum Gasteiger partial charge on any atom is -0.395 e. The fourth-order valence-electron chi connectivity index (χ4n) is 1.10. The average molecular weight is 244 g/mol. The maximum absolute atomic E-state index is 11.2. The van der Waals surface area contributed by atoms with Gasteiger partial charge in [-0.05, 0) is 14.0 Å². The average Bonchev–Trinajstić information content (AvgIpc) is 2.75. The number of amides is 1. The van der Waals surface area contributed by atoms with Gasteiger partial charge in [-0.15, -0.1) is 11.3 Å². The third-order valence-electron chi connectivity index (χ3n) is 2.31. The van der Waals surface area contributed by atoms with Crippen LogP contribution in [0, 0.1) is 0 Å². The first kappa shape index (κ1) is 13.0. The number of nitrogens with one attached hydrogen (secondary N) is 1. The normalized spacial score (nSPS) is 12.8. The zero-order valence-electron chi connectivity index (χ0n) is 9.30. The Hall–Kier alpha value is -1.02. The number of aliphatic hydroxyl groups excluding tert-OH is 1. The smallest absolute Gasteiger partial charge is 0.294 e. The fourth-order valence-corrected chi connectivity index (χ4v) is 1.81. The highest BCUT2D eigenvalue weighted by Crippen LogP contribution is 2.12. The molecule has 0 fully saturated rings. The number of hydrogen-bond acceptors (Lipinski definition) is 6. The van der Waals surface area contributed by atoms with Crippen LogP contribution in [0.4, 0.5) is 0 Å². The van der Waals surface area contributed by atoms with Crippen LogP contribution in [0.3, 0.4) is 0 Å². The van der Waals surface area contributed by atoms with Crippen molar-refractivity contribution in [1.82, 2.24) is 15.3 Å². The highest BCUT2D eigenvalue weighted by Gasteiger charge is 2.13. The zero-order valence-corrected chi connectivity index (χ0v) is 10.1. The van der Waals surface area contributed by atoms with Crippen LogP contribution in [0.5, 0.6) is 0 Å². The van der Waals surface area contributed by atoms with Gasteiger partial charge in [0, 0.05) is 18.0 Å². The molecular weight excluding hydrogens is 228 g/mol. The molecule has 0 saturated carbocycles. The number of rotatable bonds is 5. The molecule has 0 bridgehead atoms. The second-order valence-corrected chi connectivity index (χ2v) is 4.42. The van der Waals surface area contributed by atoms with Gasteiger partial charge in [0.1, 0.15) is 0 Å². The molecule has 0 aromatic carbocycles. The van der Waals surface area contributed by atoms with E-state index in [4.69, 9.17) is 10.9 Å². The third kappa shape index (κ3) is 3.24. The standard InChI is InChI=1S/C9H16N4O2S/c1-6(4-14)13(2)3-7-5-16-9(11-7)8(15)12-10/h5-6,14H,3-4,10H2,1-2H3,(H,12,15). The van der Waals surface area contributed by atoms with Crippen molar-refractivity contribution in [3.8, 4) is 0 Å². The number of hydrogen-bond donors (Lipinski definition) is 3. The highest BCUT2D eigenvalue weighted by molar-refractivity contribution is 7.11. The number of carbonyl (C=O) groups is 1. The topological polar surface area (TPSA) is 91.5 Å². The largest absolute Gasteiger partial charge is 0.395 e.